The van der Waals surface area contributed by atoms with Crippen LogP contribution in [0.4, 0.5) is 0 Å². The van der Waals surface area contributed by atoms with E-state index in [1.807, 2.05) is 0 Å². The van der Waals surface area contributed by atoms with Gasteiger partial charge in [-0.2, -0.15) is 0 Å². The van der Waals surface area contributed by atoms with Crippen LogP contribution in [0.1, 0.15) is 46.5 Å². The molecule has 1 aliphatic heterocycles. The summed E-state index contributed by atoms with van der Waals surface area (Å²) in [7, 11) is 0. The molecule has 0 aromatic rings. The van der Waals surface area contributed by atoms with E-state index in [1.54, 1.807) is 6.92 Å². The number of carbonyl (C=O) groups excluding carboxylic acids is 1. The summed E-state index contributed by atoms with van der Waals surface area (Å²) in [6.07, 6.45) is 4.47. The van der Waals surface area contributed by atoms with Crippen molar-refractivity contribution in [1.82, 2.24) is 4.90 Å². The van der Waals surface area contributed by atoms with E-state index in [1.165, 1.54) is 19.4 Å². The Bertz CT molecular complexity index is 189. The highest BCUT2D eigenvalue weighted by molar-refractivity contribution is 5.75. The van der Waals surface area contributed by atoms with Crippen LogP contribution in [0.25, 0.3) is 0 Å². The Kier molecular flexibility index (Phi) is 4.59. The Morgan fingerprint density at radius 3 is 2.79 bits per heavy atom. The van der Waals surface area contributed by atoms with Crippen molar-refractivity contribution in [3.63, 3.8) is 0 Å². The van der Waals surface area contributed by atoms with E-state index in [2.05, 4.69) is 18.7 Å². The molecule has 0 saturated carbocycles. The van der Waals surface area contributed by atoms with E-state index in [-0.39, 0.29) is 0 Å². The zero-order chi connectivity index (χ0) is 10.6. The van der Waals surface area contributed by atoms with Gasteiger partial charge in [0, 0.05) is 12.5 Å². The van der Waals surface area contributed by atoms with E-state index >= 15 is 0 Å². The number of nitrogens with zero attached hydrogens (tertiary/aromatic N) is 1. The number of ketones is 1. The fraction of sp³-hybridized carbons (Fsp3) is 0.917. The molecule has 0 radical (unpaired) electrons. The molecule has 0 aromatic carbocycles. The van der Waals surface area contributed by atoms with Crippen LogP contribution in [-0.4, -0.2) is 29.8 Å². The van der Waals surface area contributed by atoms with Crippen molar-refractivity contribution in [1.29, 1.82) is 0 Å². The lowest BCUT2D eigenvalue weighted by Crippen LogP contribution is -2.34. The number of hydrogen-bond donors (Lipinski definition) is 0. The maximum atomic E-state index is 10.8. The molecule has 1 fully saturated rings. The summed E-state index contributed by atoms with van der Waals surface area (Å²) < 4.78 is 0. The van der Waals surface area contributed by atoms with Crippen molar-refractivity contribution in [3.05, 3.63) is 0 Å². The number of rotatable bonds is 5. The molecular formula is C12H23NO. The number of hydrogen-bond acceptors (Lipinski definition) is 2. The van der Waals surface area contributed by atoms with Crippen molar-refractivity contribution in [3.8, 4) is 0 Å². The van der Waals surface area contributed by atoms with Gasteiger partial charge in [-0.3, -0.25) is 0 Å². The highest BCUT2D eigenvalue weighted by atomic mass is 16.1. The van der Waals surface area contributed by atoms with Crippen molar-refractivity contribution in [2.24, 2.45) is 5.92 Å². The monoisotopic (exact) mass is 197 g/mol. The zero-order valence-corrected chi connectivity index (χ0v) is 9.75. The Hall–Kier alpha value is -0.370. The smallest absolute Gasteiger partial charge is 0.129 e. The normalized spacial score (nSPS) is 23.3. The molecule has 1 atom stereocenters. The predicted octanol–water partition coefficient (Wildman–Crippen LogP) is 2.48. The van der Waals surface area contributed by atoms with Gasteiger partial charge in [0.2, 0.25) is 0 Å². The summed E-state index contributed by atoms with van der Waals surface area (Å²) in [5.74, 6) is 1.08. The van der Waals surface area contributed by atoms with Crippen LogP contribution in [-0.2, 0) is 4.79 Å². The second-order valence-electron chi connectivity index (χ2n) is 4.80. The zero-order valence-electron chi connectivity index (χ0n) is 9.75. The molecule has 0 spiro atoms. The van der Waals surface area contributed by atoms with Gasteiger partial charge in [0.25, 0.3) is 0 Å². The maximum absolute atomic E-state index is 10.8. The first-order valence-corrected chi connectivity index (χ1v) is 5.84. The summed E-state index contributed by atoms with van der Waals surface area (Å²) in [5.41, 5.74) is 0. The highest BCUT2D eigenvalue weighted by Gasteiger charge is 2.26. The summed E-state index contributed by atoms with van der Waals surface area (Å²) in [5, 5.41) is 0. The SMILES string of the molecule is CC(=O)CCCN1CCCC1C(C)C. The number of likely N-dealkylation sites (tertiary alicyclic amines) is 1. The molecule has 14 heavy (non-hydrogen) atoms. The van der Waals surface area contributed by atoms with Gasteiger partial charge in [-0.15, -0.1) is 0 Å². The third-order valence-corrected chi connectivity index (χ3v) is 3.16. The summed E-state index contributed by atoms with van der Waals surface area (Å²) >= 11 is 0. The molecule has 1 saturated heterocycles. The Labute approximate surface area is 87.7 Å². The molecule has 0 bridgehead atoms. The predicted molar refractivity (Wildman–Crippen MR) is 59.3 cm³/mol. The average molecular weight is 197 g/mol. The van der Waals surface area contributed by atoms with Crippen molar-refractivity contribution >= 4 is 5.78 Å². The third kappa shape index (κ3) is 3.41. The topological polar surface area (TPSA) is 20.3 Å². The minimum absolute atomic E-state index is 0.324. The standard InChI is InChI=1S/C12H23NO/c1-10(2)12-7-5-9-13(12)8-4-6-11(3)14/h10,12H,4-9H2,1-3H3. The first-order valence-electron chi connectivity index (χ1n) is 5.84. The van der Waals surface area contributed by atoms with E-state index in [9.17, 15) is 4.79 Å². The lowest BCUT2D eigenvalue weighted by atomic mass is 10.0. The van der Waals surface area contributed by atoms with Gasteiger partial charge in [0.05, 0.1) is 0 Å². The van der Waals surface area contributed by atoms with Crippen LogP contribution >= 0.6 is 0 Å². The molecule has 1 rings (SSSR count). The van der Waals surface area contributed by atoms with Gasteiger partial charge < -0.3 is 9.69 Å². The molecule has 0 aromatic heterocycles. The fourth-order valence-electron chi connectivity index (χ4n) is 2.42. The molecule has 2 nitrogen and oxygen atoms in total. The minimum Gasteiger partial charge on any atom is -0.300 e. The summed E-state index contributed by atoms with van der Waals surface area (Å²) in [6.45, 7) is 8.63. The third-order valence-electron chi connectivity index (χ3n) is 3.16. The molecule has 1 aliphatic rings. The van der Waals surface area contributed by atoms with Crippen LogP contribution in [0.15, 0.2) is 0 Å². The second-order valence-corrected chi connectivity index (χ2v) is 4.80. The van der Waals surface area contributed by atoms with Gasteiger partial charge in [-0.05, 0) is 45.2 Å². The van der Waals surface area contributed by atoms with E-state index in [4.69, 9.17) is 0 Å². The molecular weight excluding hydrogens is 174 g/mol. The molecule has 1 heterocycles. The Morgan fingerprint density at radius 2 is 2.21 bits per heavy atom. The van der Waals surface area contributed by atoms with Gasteiger partial charge in [-0.25, -0.2) is 0 Å². The number of carbonyl (C=O) groups is 1. The van der Waals surface area contributed by atoms with Gasteiger partial charge in [0.15, 0.2) is 0 Å². The highest BCUT2D eigenvalue weighted by Crippen LogP contribution is 2.23. The van der Waals surface area contributed by atoms with Crippen LogP contribution in [0.2, 0.25) is 0 Å². The van der Waals surface area contributed by atoms with Crippen LogP contribution in [0.3, 0.4) is 0 Å². The quantitative estimate of drug-likeness (QED) is 0.675. The largest absolute Gasteiger partial charge is 0.300 e. The second kappa shape index (κ2) is 5.50. The molecule has 82 valence electrons. The molecule has 0 N–H and O–H groups in total. The van der Waals surface area contributed by atoms with Crippen molar-refractivity contribution in [2.75, 3.05) is 13.1 Å². The molecule has 1 unspecified atom stereocenters. The lowest BCUT2D eigenvalue weighted by Gasteiger charge is -2.27. The fourth-order valence-corrected chi connectivity index (χ4v) is 2.42. The van der Waals surface area contributed by atoms with Crippen LogP contribution in [0.5, 0.6) is 0 Å². The molecule has 0 amide bonds. The summed E-state index contributed by atoms with van der Waals surface area (Å²) in [4.78, 5) is 13.4. The number of Topliss-reactive ketones (excluding diaryl/α,β-unsaturated/α-hetero) is 1. The molecule has 2 heteroatoms. The van der Waals surface area contributed by atoms with Gasteiger partial charge in [0.1, 0.15) is 5.78 Å². The maximum Gasteiger partial charge on any atom is 0.129 e. The van der Waals surface area contributed by atoms with E-state index in [0.29, 0.717) is 5.78 Å². The Balaban J connectivity index is 2.25. The van der Waals surface area contributed by atoms with Gasteiger partial charge in [-0.1, -0.05) is 13.8 Å². The van der Waals surface area contributed by atoms with Crippen molar-refractivity contribution in [2.45, 2.75) is 52.5 Å². The first-order chi connectivity index (χ1) is 6.61. The minimum atomic E-state index is 0.324. The molecule has 0 aliphatic carbocycles. The van der Waals surface area contributed by atoms with Gasteiger partial charge >= 0.3 is 0 Å². The summed E-state index contributed by atoms with van der Waals surface area (Å²) in [6, 6.07) is 0.766. The average Bonchev–Trinajstić information content (AvgIpc) is 2.51. The van der Waals surface area contributed by atoms with Crippen LogP contribution in [0, 0.1) is 5.92 Å². The van der Waals surface area contributed by atoms with Crippen LogP contribution < -0.4 is 0 Å². The Morgan fingerprint density at radius 1 is 1.50 bits per heavy atom. The van der Waals surface area contributed by atoms with E-state index in [0.717, 1.165) is 31.3 Å². The van der Waals surface area contributed by atoms with Crippen molar-refractivity contribution < 1.29 is 4.79 Å². The lowest BCUT2D eigenvalue weighted by molar-refractivity contribution is -0.117. The van der Waals surface area contributed by atoms with E-state index < -0.39 is 0 Å². The first kappa shape index (κ1) is 11.7.